The molecule has 5 nitrogen and oxygen atoms in total. The average molecular weight is 944 g/mol. The highest BCUT2D eigenvalue weighted by Crippen LogP contribution is 2.44. The maximum absolute atomic E-state index is 5.52. The summed E-state index contributed by atoms with van der Waals surface area (Å²) >= 11 is 0. The van der Waals surface area contributed by atoms with Crippen LogP contribution in [0.15, 0.2) is 273 Å². The first-order chi connectivity index (χ1) is 36.7. The molecule has 3 heterocycles. The number of fused-ring (bicyclic) bond motifs is 7. The summed E-state index contributed by atoms with van der Waals surface area (Å²) in [6, 6.07) is 97.3. The number of hydrogen-bond donors (Lipinski definition) is 0. The molecule has 0 atom stereocenters. The fourth-order valence-corrected chi connectivity index (χ4v) is 10.9. The maximum atomic E-state index is 5.52. The molecule has 3 aromatic heterocycles. The van der Waals surface area contributed by atoms with E-state index in [4.69, 9.17) is 15.0 Å². The molecule has 346 valence electrons. The first-order valence-corrected chi connectivity index (χ1v) is 25.1. The Morgan fingerprint density at radius 1 is 0.230 bits per heavy atom. The van der Waals surface area contributed by atoms with Crippen LogP contribution in [0.3, 0.4) is 0 Å². The van der Waals surface area contributed by atoms with E-state index in [0.29, 0.717) is 17.6 Å². The van der Waals surface area contributed by atoms with E-state index in [1.165, 1.54) is 11.1 Å². The largest absolute Gasteiger partial charge is 0.307 e. The lowest BCUT2D eigenvalue weighted by Gasteiger charge is -2.17. The van der Waals surface area contributed by atoms with Gasteiger partial charge in [0.05, 0.1) is 27.8 Å². The Bertz CT molecular complexity index is 4250. The van der Waals surface area contributed by atoms with Crippen LogP contribution in [-0.2, 0) is 0 Å². The SMILES string of the molecule is c1ccc(-c2cccc(-c3nc(-c4cccc(-c5ccccc5)c4)nc(-n4c5ccccc5c5ccc6c7ccccc7n(-c7ccccc7-c7cc(-c8ccccc8)cc(-c8ccccc8)c7)c6c54)n3)c2)cc1. The smallest absolute Gasteiger partial charge is 0.238 e. The van der Waals surface area contributed by atoms with Crippen molar-refractivity contribution in [3.63, 3.8) is 0 Å². The van der Waals surface area contributed by atoms with Crippen molar-refractivity contribution in [2.75, 3.05) is 0 Å². The van der Waals surface area contributed by atoms with E-state index < -0.39 is 0 Å². The molecule has 14 rings (SSSR count). The summed E-state index contributed by atoms with van der Waals surface area (Å²) in [6.07, 6.45) is 0. The molecule has 0 aliphatic rings. The molecule has 0 aliphatic heterocycles. The molecule has 11 aromatic carbocycles. The topological polar surface area (TPSA) is 48.5 Å². The maximum Gasteiger partial charge on any atom is 0.238 e. The second-order valence-corrected chi connectivity index (χ2v) is 18.8. The average Bonchev–Trinajstić information content (AvgIpc) is 4.07. The standard InChI is InChI=1S/C69H45N5/c1-5-21-46(22-6-1)50-29-19-31-52(41-50)67-70-68(53-32-20-30-51(42-53)47-23-7-2-8-24-47)72-69(71-67)74-64-38-18-15-35-59(64)61-40-39-60-58-34-14-17-37-63(58)73(65(60)66(61)74)62-36-16-13-33-57(62)56-44-54(48-25-9-3-10-26-48)43-55(45-56)49-27-11-4-12-28-49/h1-45H. The lowest BCUT2D eigenvalue weighted by Crippen LogP contribution is -2.07. The van der Waals surface area contributed by atoms with Gasteiger partial charge in [0.1, 0.15) is 0 Å². The molecule has 0 saturated carbocycles. The Balaban J connectivity index is 1.06. The molecule has 5 heteroatoms. The van der Waals surface area contributed by atoms with E-state index in [9.17, 15) is 0 Å². The van der Waals surface area contributed by atoms with Gasteiger partial charge < -0.3 is 4.57 Å². The minimum atomic E-state index is 0.534. The highest BCUT2D eigenvalue weighted by Gasteiger charge is 2.25. The fourth-order valence-electron chi connectivity index (χ4n) is 10.9. The molecular weight excluding hydrogens is 899 g/mol. The van der Waals surface area contributed by atoms with E-state index in [0.717, 1.165) is 105 Å². The summed E-state index contributed by atoms with van der Waals surface area (Å²) in [6.45, 7) is 0. The van der Waals surface area contributed by atoms with Crippen LogP contribution < -0.4 is 0 Å². The zero-order valence-corrected chi connectivity index (χ0v) is 40.2. The molecule has 0 amide bonds. The van der Waals surface area contributed by atoms with Crippen LogP contribution >= 0.6 is 0 Å². The molecule has 14 aromatic rings. The summed E-state index contributed by atoms with van der Waals surface area (Å²) < 4.78 is 4.76. The minimum Gasteiger partial charge on any atom is -0.307 e. The van der Waals surface area contributed by atoms with Gasteiger partial charge in [-0.1, -0.05) is 224 Å². The van der Waals surface area contributed by atoms with Crippen LogP contribution in [0.4, 0.5) is 0 Å². The van der Waals surface area contributed by atoms with Gasteiger partial charge in [0.2, 0.25) is 5.95 Å². The van der Waals surface area contributed by atoms with Crippen LogP contribution in [-0.4, -0.2) is 24.1 Å². The van der Waals surface area contributed by atoms with Crippen molar-refractivity contribution in [2.24, 2.45) is 0 Å². The molecule has 0 N–H and O–H groups in total. The molecule has 0 radical (unpaired) electrons. The highest BCUT2D eigenvalue weighted by molar-refractivity contribution is 6.24. The Hall–Kier alpha value is -9.97. The Morgan fingerprint density at radius 3 is 1.11 bits per heavy atom. The third-order valence-electron chi connectivity index (χ3n) is 14.4. The number of rotatable bonds is 9. The summed E-state index contributed by atoms with van der Waals surface area (Å²) in [5, 5.41) is 4.51. The molecule has 0 fully saturated rings. The van der Waals surface area contributed by atoms with Gasteiger partial charge in [0, 0.05) is 38.2 Å². The molecule has 0 aliphatic carbocycles. The normalized spacial score (nSPS) is 11.5. The number of benzene rings is 11. The first kappa shape index (κ1) is 42.9. The van der Waals surface area contributed by atoms with E-state index in [1.54, 1.807) is 0 Å². The zero-order chi connectivity index (χ0) is 49.0. The van der Waals surface area contributed by atoms with Gasteiger partial charge in [-0.05, 0) is 98.6 Å². The number of aromatic nitrogens is 5. The highest BCUT2D eigenvalue weighted by atomic mass is 15.2. The first-order valence-electron chi connectivity index (χ1n) is 25.1. The van der Waals surface area contributed by atoms with Crippen molar-refractivity contribution < 1.29 is 0 Å². The van der Waals surface area contributed by atoms with Gasteiger partial charge in [-0.2, -0.15) is 9.97 Å². The third kappa shape index (κ3) is 7.46. The van der Waals surface area contributed by atoms with Crippen LogP contribution in [0.2, 0.25) is 0 Å². The fraction of sp³-hybridized carbons (Fsp3) is 0. The lowest BCUT2D eigenvalue weighted by atomic mass is 9.92. The summed E-state index contributed by atoms with van der Waals surface area (Å²) in [5.74, 6) is 1.71. The number of nitrogens with zero attached hydrogens (tertiary/aromatic N) is 5. The van der Waals surface area contributed by atoms with Gasteiger partial charge >= 0.3 is 0 Å². The quantitative estimate of drug-likeness (QED) is 0.145. The van der Waals surface area contributed by atoms with Crippen molar-refractivity contribution in [2.45, 2.75) is 0 Å². The predicted octanol–water partition coefficient (Wildman–Crippen LogP) is 17.7. The monoisotopic (exact) mass is 943 g/mol. The Kier molecular flexibility index (Phi) is 10.4. The number of hydrogen-bond acceptors (Lipinski definition) is 3. The van der Waals surface area contributed by atoms with Gasteiger partial charge in [-0.3, -0.25) is 4.57 Å². The Labute approximate surface area is 428 Å². The molecule has 74 heavy (non-hydrogen) atoms. The summed E-state index contributed by atoms with van der Waals surface area (Å²) in [7, 11) is 0. The second kappa shape index (κ2) is 18.0. The van der Waals surface area contributed by atoms with Gasteiger partial charge in [-0.15, -0.1) is 0 Å². The van der Waals surface area contributed by atoms with E-state index in [-0.39, 0.29) is 0 Å². The van der Waals surface area contributed by atoms with Gasteiger partial charge in [0.25, 0.3) is 0 Å². The predicted molar refractivity (Wildman–Crippen MR) is 307 cm³/mol. The van der Waals surface area contributed by atoms with Gasteiger partial charge in [-0.25, -0.2) is 4.98 Å². The zero-order valence-electron chi connectivity index (χ0n) is 40.2. The van der Waals surface area contributed by atoms with Crippen molar-refractivity contribution in [1.29, 1.82) is 0 Å². The molecule has 0 bridgehead atoms. The lowest BCUT2D eigenvalue weighted by molar-refractivity contribution is 0.953. The molecule has 0 unspecified atom stereocenters. The van der Waals surface area contributed by atoms with Crippen LogP contribution in [0.25, 0.3) is 134 Å². The van der Waals surface area contributed by atoms with Crippen molar-refractivity contribution in [3.05, 3.63) is 273 Å². The molecule has 0 spiro atoms. The van der Waals surface area contributed by atoms with Crippen LogP contribution in [0, 0.1) is 0 Å². The van der Waals surface area contributed by atoms with Gasteiger partial charge in [0.15, 0.2) is 11.6 Å². The van der Waals surface area contributed by atoms with E-state index in [1.807, 2.05) is 12.1 Å². The number of para-hydroxylation sites is 3. The minimum absolute atomic E-state index is 0.534. The van der Waals surface area contributed by atoms with Crippen molar-refractivity contribution in [3.8, 4) is 90.0 Å². The van der Waals surface area contributed by atoms with Crippen LogP contribution in [0.1, 0.15) is 0 Å². The summed E-state index contributed by atoms with van der Waals surface area (Å²) in [5.41, 5.74) is 18.4. The summed E-state index contributed by atoms with van der Waals surface area (Å²) in [4.78, 5) is 16.4. The van der Waals surface area contributed by atoms with E-state index >= 15 is 0 Å². The van der Waals surface area contributed by atoms with Crippen molar-refractivity contribution >= 4 is 43.6 Å². The molecule has 0 saturated heterocycles. The molecular formula is C69H45N5. The van der Waals surface area contributed by atoms with Crippen molar-refractivity contribution in [1.82, 2.24) is 24.1 Å². The Morgan fingerprint density at radius 2 is 0.595 bits per heavy atom. The van der Waals surface area contributed by atoms with E-state index in [2.05, 4.69) is 270 Å². The van der Waals surface area contributed by atoms with Crippen LogP contribution in [0.5, 0.6) is 0 Å². The second-order valence-electron chi connectivity index (χ2n) is 18.8. The third-order valence-corrected chi connectivity index (χ3v) is 14.4.